The van der Waals surface area contributed by atoms with Gasteiger partial charge >= 0.3 is 0 Å². The van der Waals surface area contributed by atoms with Crippen molar-refractivity contribution in [3.05, 3.63) is 112 Å². The Hall–Kier alpha value is -3.86. The van der Waals surface area contributed by atoms with Crippen LogP contribution in [0.15, 0.2) is 88.1 Å². The summed E-state index contributed by atoms with van der Waals surface area (Å²) in [5.41, 5.74) is 2.51. The fourth-order valence-electron chi connectivity index (χ4n) is 4.31. The Morgan fingerprint density at radius 2 is 1.61 bits per heavy atom. The van der Waals surface area contributed by atoms with Crippen LogP contribution in [0, 0.1) is 0 Å². The Morgan fingerprint density at radius 1 is 0.903 bits per heavy atom. The molecule has 1 aromatic heterocycles. The van der Waals surface area contributed by atoms with Gasteiger partial charge in [0.05, 0.1) is 24.1 Å². The average molecular weight is 411 g/mol. The molecule has 154 valence electrons. The highest BCUT2D eigenvalue weighted by Gasteiger charge is 2.43. The van der Waals surface area contributed by atoms with Gasteiger partial charge in [0.2, 0.25) is 5.76 Å². The molecule has 1 aliphatic rings. The Morgan fingerprint density at radius 3 is 2.42 bits per heavy atom. The molecule has 1 aliphatic heterocycles. The summed E-state index contributed by atoms with van der Waals surface area (Å²) in [4.78, 5) is 28.7. The number of benzene rings is 3. The van der Waals surface area contributed by atoms with Crippen molar-refractivity contribution in [3.63, 3.8) is 0 Å². The van der Waals surface area contributed by atoms with E-state index in [2.05, 4.69) is 0 Å². The first kappa shape index (κ1) is 19.1. The summed E-state index contributed by atoms with van der Waals surface area (Å²) < 4.78 is 11.5. The summed E-state index contributed by atoms with van der Waals surface area (Å²) in [7, 11) is 1.59. The maximum atomic E-state index is 13.5. The molecule has 0 bridgehead atoms. The second-order valence-electron chi connectivity index (χ2n) is 7.55. The fourth-order valence-corrected chi connectivity index (χ4v) is 4.31. The van der Waals surface area contributed by atoms with E-state index in [0.29, 0.717) is 35.2 Å². The number of para-hydroxylation sites is 2. The number of fused-ring (bicyclic) bond motifs is 2. The van der Waals surface area contributed by atoms with Crippen LogP contribution in [0.3, 0.4) is 0 Å². The molecule has 3 aromatic carbocycles. The highest BCUT2D eigenvalue weighted by Crippen LogP contribution is 2.41. The van der Waals surface area contributed by atoms with E-state index in [1.807, 2.05) is 54.6 Å². The monoisotopic (exact) mass is 411 g/mol. The Bertz CT molecular complexity index is 1330. The largest absolute Gasteiger partial charge is 0.496 e. The molecule has 0 aliphatic carbocycles. The zero-order chi connectivity index (χ0) is 21.4. The molecular formula is C26H21NO4. The third-order valence-electron chi connectivity index (χ3n) is 5.79. The summed E-state index contributed by atoms with van der Waals surface area (Å²) >= 11 is 0. The van der Waals surface area contributed by atoms with E-state index in [1.54, 1.807) is 36.3 Å². The third-order valence-corrected chi connectivity index (χ3v) is 5.79. The molecule has 0 N–H and O–H groups in total. The number of carbonyl (C=O) groups excluding carboxylic acids is 1. The molecule has 31 heavy (non-hydrogen) atoms. The van der Waals surface area contributed by atoms with Gasteiger partial charge < -0.3 is 14.1 Å². The number of methoxy groups -OCH3 is 1. The van der Waals surface area contributed by atoms with Gasteiger partial charge in [0.25, 0.3) is 5.91 Å². The van der Waals surface area contributed by atoms with Crippen molar-refractivity contribution in [2.75, 3.05) is 13.7 Å². The highest BCUT2D eigenvalue weighted by molar-refractivity contribution is 5.99. The summed E-state index contributed by atoms with van der Waals surface area (Å²) in [6, 6.07) is 24.0. The molecule has 5 heteroatoms. The van der Waals surface area contributed by atoms with Crippen LogP contribution in [0.4, 0.5) is 0 Å². The van der Waals surface area contributed by atoms with Gasteiger partial charge in [0, 0.05) is 12.1 Å². The molecule has 2 heterocycles. The number of carbonyl (C=O) groups is 1. The molecule has 0 radical (unpaired) electrons. The van der Waals surface area contributed by atoms with Gasteiger partial charge in [-0.1, -0.05) is 60.7 Å². The lowest BCUT2D eigenvalue weighted by Crippen LogP contribution is -2.31. The molecule has 1 atom stereocenters. The van der Waals surface area contributed by atoms with Gasteiger partial charge in [-0.25, -0.2) is 0 Å². The lowest BCUT2D eigenvalue weighted by Gasteiger charge is -2.26. The predicted octanol–water partition coefficient (Wildman–Crippen LogP) is 4.59. The fraction of sp³-hybridized carbons (Fsp3) is 0.154. The van der Waals surface area contributed by atoms with Crippen LogP contribution in [0.5, 0.6) is 5.75 Å². The first-order chi connectivity index (χ1) is 15.2. The number of hydrogen-bond donors (Lipinski definition) is 0. The van der Waals surface area contributed by atoms with Crippen LogP contribution in [-0.2, 0) is 6.42 Å². The number of nitrogens with zero attached hydrogens (tertiary/aromatic N) is 1. The maximum absolute atomic E-state index is 13.5. The molecule has 4 aromatic rings. The smallest absolute Gasteiger partial charge is 0.290 e. The summed E-state index contributed by atoms with van der Waals surface area (Å²) in [6.45, 7) is 0.450. The Labute approximate surface area is 179 Å². The first-order valence-electron chi connectivity index (χ1n) is 10.2. The minimum atomic E-state index is -0.566. The SMILES string of the molecule is COc1ccccc1C1c2c(oc3ccccc3c2=O)C(=O)N1CCc1ccccc1. The van der Waals surface area contributed by atoms with E-state index in [-0.39, 0.29) is 17.1 Å². The minimum absolute atomic E-state index is 0.118. The van der Waals surface area contributed by atoms with Crippen LogP contribution in [0.1, 0.15) is 33.3 Å². The number of ether oxygens (including phenoxy) is 1. The van der Waals surface area contributed by atoms with Crippen molar-refractivity contribution in [2.24, 2.45) is 0 Å². The van der Waals surface area contributed by atoms with Gasteiger partial charge in [-0.15, -0.1) is 0 Å². The lowest BCUT2D eigenvalue weighted by molar-refractivity contribution is 0.0729. The maximum Gasteiger partial charge on any atom is 0.290 e. The van der Waals surface area contributed by atoms with Crippen LogP contribution < -0.4 is 10.2 Å². The van der Waals surface area contributed by atoms with Crippen molar-refractivity contribution < 1.29 is 13.9 Å². The summed E-state index contributed by atoms with van der Waals surface area (Å²) in [5.74, 6) is 0.475. The molecule has 5 nitrogen and oxygen atoms in total. The molecule has 0 spiro atoms. The summed E-state index contributed by atoms with van der Waals surface area (Å²) in [5, 5.41) is 0.471. The van der Waals surface area contributed by atoms with Crippen molar-refractivity contribution in [1.82, 2.24) is 4.90 Å². The van der Waals surface area contributed by atoms with Crippen LogP contribution >= 0.6 is 0 Å². The van der Waals surface area contributed by atoms with E-state index in [0.717, 1.165) is 11.1 Å². The van der Waals surface area contributed by atoms with Gasteiger partial charge in [-0.2, -0.15) is 0 Å². The molecular weight excluding hydrogens is 390 g/mol. The molecule has 0 fully saturated rings. The Kier molecular flexibility index (Phi) is 4.79. The lowest BCUT2D eigenvalue weighted by atomic mass is 9.97. The zero-order valence-corrected chi connectivity index (χ0v) is 17.1. The van der Waals surface area contributed by atoms with E-state index < -0.39 is 6.04 Å². The topological polar surface area (TPSA) is 59.8 Å². The van der Waals surface area contributed by atoms with Crippen molar-refractivity contribution in [1.29, 1.82) is 0 Å². The second-order valence-corrected chi connectivity index (χ2v) is 7.55. The van der Waals surface area contributed by atoms with Gasteiger partial charge in [0.15, 0.2) is 5.43 Å². The number of hydrogen-bond acceptors (Lipinski definition) is 4. The van der Waals surface area contributed by atoms with E-state index in [4.69, 9.17) is 9.15 Å². The normalized spacial score (nSPS) is 15.3. The molecule has 5 rings (SSSR count). The molecule has 0 saturated heterocycles. The Balaban J connectivity index is 1.68. The molecule has 1 amide bonds. The van der Waals surface area contributed by atoms with Crippen molar-refractivity contribution >= 4 is 16.9 Å². The quantitative estimate of drug-likeness (QED) is 0.482. The van der Waals surface area contributed by atoms with Crippen molar-refractivity contribution in [2.45, 2.75) is 12.5 Å². The van der Waals surface area contributed by atoms with Crippen LogP contribution in [-0.4, -0.2) is 24.5 Å². The van der Waals surface area contributed by atoms with Crippen LogP contribution in [0.2, 0.25) is 0 Å². The van der Waals surface area contributed by atoms with Crippen LogP contribution in [0.25, 0.3) is 11.0 Å². The number of amides is 1. The minimum Gasteiger partial charge on any atom is -0.496 e. The van der Waals surface area contributed by atoms with E-state index in [1.165, 1.54) is 0 Å². The highest BCUT2D eigenvalue weighted by atomic mass is 16.5. The average Bonchev–Trinajstić information content (AvgIpc) is 3.10. The van der Waals surface area contributed by atoms with E-state index >= 15 is 0 Å². The number of rotatable bonds is 5. The van der Waals surface area contributed by atoms with E-state index in [9.17, 15) is 9.59 Å². The standard InChI is InChI=1S/C26H21NO4/c1-30-20-13-7-5-11-18(20)23-22-24(28)19-12-6-8-14-21(19)31-25(22)26(29)27(23)16-15-17-9-3-2-4-10-17/h2-14,23H,15-16H2,1H3. The molecule has 1 unspecified atom stereocenters. The predicted molar refractivity (Wildman–Crippen MR) is 119 cm³/mol. The van der Waals surface area contributed by atoms with Gasteiger partial charge in [-0.05, 0) is 30.2 Å². The van der Waals surface area contributed by atoms with Gasteiger partial charge in [-0.3, -0.25) is 9.59 Å². The molecule has 0 saturated carbocycles. The summed E-state index contributed by atoms with van der Waals surface area (Å²) in [6.07, 6.45) is 0.667. The second kappa shape index (κ2) is 7.76. The van der Waals surface area contributed by atoms with Gasteiger partial charge in [0.1, 0.15) is 11.3 Å². The first-order valence-corrected chi connectivity index (χ1v) is 10.2. The zero-order valence-electron chi connectivity index (χ0n) is 17.1. The van der Waals surface area contributed by atoms with Crippen molar-refractivity contribution in [3.8, 4) is 5.75 Å². The third kappa shape index (κ3) is 3.19.